The first-order chi connectivity index (χ1) is 9.92. The molecule has 0 aliphatic rings. The summed E-state index contributed by atoms with van der Waals surface area (Å²) in [4.78, 5) is 0.0330. The molecule has 1 unspecified atom stereocenters. The fourth-order valence-electron chi connectivity index (χ4n) is 2.48. The van der Waals surface area contributed by atoms with Crippen molar-refractivity contribution in [2.24, 2.45) is 0 Å². The quantitative estimate of drug-likeness (QED) is 0.679. The van der Waals surface area contributed by atoms with Gasteiger partial charge in [0.1, 0.15) is 5.75 Å². The maximum absolute atomic E-state index is 13.3. The van der Waals surface area contributed by atoms with Crippen LogP contribution in [-0.2, 0) is 6.42 Å². The molecule has 0 bridgehead atoms. The first-order valence-corrected chi connectivity index (χ1v) is 7.57. The molecular formula is C17H17BrF2O. The normalized spacial score (nSPS) is 12.3. The number of alkyl halides is 1. The first kappa shape index (κ1) is 16.0. The van der Waals surface area contributed by atoms with Crippen LogP contribution in [0.3, 0.4) is 0 Å². The van der Waals surface area contributed by atoms with Gasteiger partial charge in [-0.05, 0) is 54.7 Å². The summed E-state index contributed by atoms with van der Waals surface area (Å²) in [5.74, 6) is -0.749. The predicted octanol–water partition coefficient (Wildman–Crippen LogP) is 5.27. The molecule has 1 atom stereocenters. The minimum absolute atomic E-state index is 0.0330. The van der Waals surface area contributed by atoms with Crippen LogP contribution in [0.1, 0.15) is 27.1 Å². The van der Waals surface area contributed by atoms with E-state index in [2.05, 4.69) is 15.9 Å². The zero-order valence-electron chi connectivity index (χ0n) is 12.2. The highest BCUT2D eigenvalue weighted by molar-refractivity contribution is 9.09. The molecule has 2 aromatic carbocycles. The van der Waals surface area contributed by atoms with E-state index >= 15 is 0 Å². The largest absolute Gasteiger partial charge is 0.496 e. The lowest BCUT2D eigenvalue weighted by Crippen LogP contribution is -2.00. The topological polar surface area (TPSA) is 9.23 Å². The number of ether oxygens (including phenoxy) is 1. The molecule has 112 valence electrons. The van der Waals surface area contributed by atoms with Gasteiger partial charge >= 0.3 is 0 Å². The van der Waals surface area contributed by atoms with Gasteiger partial charge < -0.3 is 4.74 Å². The number of halogens is 3. The number of aryl methyl sites for hydroxylation is 2. The smallest absolute Gasteiger partial charge is 0.159 e. The SMILES string of the molecule is COc1c(C)cc(C(Br)Cc2ccc(F)c(F)c2)cc1C. The van der Waals surface area contributed by atoms with Gasteiger partial charge in [0.05, 0.1) is 7.11 Å². The fraction of sp³-hybridized carbons (Fsp3) is 0.294. The molecule has 0 fully saturated rings. The van der Waals surface area contributed by atoms with Gasteiger partial charge in [-0.25, -0.2) is 8.78 Å². The van der Waals surface area contributed by atoms with Crippen LogP contribution < -0.4 is 4.74 Å². The molecule has 0 amide bonds. The van der Waals surface area contributed by atoms with Crippen LogP contribution in [0.4, 0.5) is 8.78 Å². The Bertz CT molecular complexity index is 632. The van der Waals surface area contributed by atoms with Gasteiger partial charge in [-0.15, -0.1) is 0 Å². The third-order valence-electron chi connectivity index (χ3n) is 3.45. The van der Waals surface area contributed by atoms with E-state index < -0.39 is 11.6 Å². The molecule has 21 heavy (non-hydrogen) atoms. The van der Waals surface area contributed by atoms with E-state index in [0.717, 1.165) is 34.1 Å². The minimum atomic E-state index is -0.819. The van der Waals surface area contributed by atoms with Crippen molar-refractivity contribution in [3.8, 4) is 5.75 Å². The monoisotopic (exact) mass is 354 g/mol. The Labute approximate surface area is 132 Å². The van der Waals surface area contributed by atoms with E-state index in [9.17, 15) is 8.78 Å². The Kier molecular flexibility index (Phi) is 4.99. The zero-order chi connectivity index (χ0) is 15.6. The lowest BCUT2D eigenvalue weighted by molar-refractivity contribution is 0.408. The Morgan fingerprint density at radius 3 is 2.19 bits per heavy atom. The summed E-state index contributed by atoms with van der Waals surface area (Å²) in [6.45, 7) is 3.99. The number of rotatable bonds is 4. The van der Waals surface area contributed by atoms with Crippen molar-refractivity contribution in [3.05, 3.63) is 64.2 Å². The Balaban J connectivity index is 2.24. The van der Waals surface area contributed by atoms with Crippen LogP contribution in [-0.4, -0.2) is 7.11 Å². The van der Waals surface area contributed by atoms with Crippen LogP contribution in [0.5, 0.6) is 5.75 Å². The molecule has 0 heterocycles. The van der Waals surface area contributed by atoms with E-state index in [1.165, 1.54) is 6.07 Å². The third-order valence-corrected chi connectivity index (χ3v) is 4.30. The van der Waals surface area contributed by atoms with Gasteiger partial charge in [0.2, 0.25) is 0 Å². The average Bonchev–Trinajstić information content (AvgIpc) is 2.42. The maximum atomic E-state index is 13.3. The zero-order valence-corrected chi connectivity index (χ0v) is 13.8. The predicted molar refractivity (Wildman–Crippen MR) is 84.2 cm³/mol. The van der Waals surface area contributed by atoms with Gasteiger partial charge in [0, 0.05) is 4.83 Å². The number of benzene rings is 2. The Morgan fingerprint density at radius 1 is 1.05 bits per heavy atom. The number of hydrogen-bond donors (Lipinski definition) is 0. The summed E-state index contributed by atoms with van der Waals surface area (Å²) < 4.78 is 31.6. The Morgan fingerprint density at radius 2 is 1.67 bits per heavy atom. The second-order valence-electron chi connectivity index (χ2n) is 5.11. The molecule has 0 aliphatic carbocycles. The van der Waals surface area contributed by atoms with Gasteiger partial charge in [0.15, 0.2) is 11.6 Å². The highest BCUT2D eigenvalue weighted by atomic mass is 79.9. The number of methoxy groups -OCH3 is 1. The van der Waals surface area contributed by atoms with E-state index in [0.29, 0.717) is 6.42 Å². The molecule has 0 N–H and O–H groups in total. The van der Waals surface area contributed by atoms with E-state index in [-0.39, 0.29) is 4.83 Å². The van der Waals surface area contributed by atoms with Crippen molar-refractivity contribution in [2.75, 3.05) is 7.11 Å². The van der Waals surface area contributed by atoms with Gasteiger partial charge in [-0.1, -0.05) is 34.1 Å². The summed E-state index contributed by atoms with van der Waals surface area (Å²) in [5.41, 5.74) is 3.96. The molecule has 4 heteroatoms. The van der Waals surface area contributed by atoms with Crippen molar-refractivity contribution in [3.63, 3.8) is 0 Å². The summed E-state index contributed by atoms with van der Waals surface area (Å²) in [6, 6.07) is 8.11. The van der Waals surface area contributed by atoms with Crippen molar-refractivity contribution in [2.45, 2.75) is 25.1 Å². The molecule has 0 saturated carbocycles. The Hall–Kier alpha value is -1.42. The fourth-order valence-corrected chi connectivity index (χ4v) is 3.12. The second kappa shape index (κ2) is 6.56. The molecule has 1 nitrogen and oxygen atoms in total. The molecule has 0 radical (unpaired) electrons. The minimum Gasteiger partial charge on any atom is -0.496 e. The van der Waals surface area contributed by atoms with Crippen molar-refractivity contribution in [1.82, 2.24) is 0 Å². The summed E-state index contributed by atoms with van der Waals surface area (Å²) >= 11 is 3.62. The van der Waals surface area contributed by atoms with Crippen LogP contribution in [0.25, 0.3) is 0 Å². The van der Waals surface area contributed by atoms with Crippen LogP contribution in [0, 0.1) is 25.5 Å². The molecule has 2 aromatic rings. The molecule has 2 rings (SSSR count). The maximum Gasteiger partial charge on any atom is 0.159 e. The molecule has 0 aromatic heterocycles. The number of hydrogen-bond acceptors (Lipinski definition) is 1. The summed E-state index contributed by atoms with van der Waals surface area (Å²) in [6.07, 6.45) is 0.586. The molecular weight excluding hydrogens is 338 g/mol. The van der Waals surface area contributed by atoms with Crippen LogP contribution in [0.2, 0.25) is 0 Å². The van der Waals surface area contributed by atoms with Crippen molar-refractivity contribution < 1.29 is 13.5 Å². The van der Waals surface area contributed by atoms with Crippen molar-refractivity contribution >= 4 is 15.9 Å². The van der Waals surface area contributed by atoms with Gasteiger partial charge in [-0.2, -0.15) is 0 Å². The van der Waals surface area contributed by atoms with Gasteiger partial charge in [0.25, 0.3) is 0 Å². The van der Waals surface area contributed by atoms with E-state index in [1.54, 1.807) is 13.2 Å². The second-order valence-corrected chi connectivity index (χ2v) is 6.21. The highest BCUT2D eigenvalue weighted by Gasteiger charge is 2.14. The van der Waals surface area contributed by atoms with E-state index in [1.807, 2.05) is 26.0 Å². The van der Waals surface area contributed by atoms with Crippen LogP contribution in [0.15, 0.2) is 30.3 Å². The molecule has 0 aliphatic heterocycles. The third kappa shape index (κ3) is 3.62. The van der Waals surface area contributed by atoms with Crippen LogP contribution >= 0.6 is 15.9 Å². The van der Waals surface area contributed by atoms with E-state index in [4.69, 9.17) is 4.74 Å². The highest BCUT2D eigenvalue weighted by Crippen LogP contribution is 2.33. The summed E-state index contributed by atoms with van der Waals surface area (Å²) in [5, 5.41) is 0. The lowest BCUT2D eigenvalue weighted by Gasteiger charge is -2.15. The molecule has 0 saturated heterocycles. The molecule has 0 spiro atoms. The standard InChI is InChI=1S/C17H17BrF2O/c1-10-6-13(7-11(2)17(10)21-3)14(18)8-12-4-5-15(19)16(20)9-12/h4-7,9,14H,8H2,1-3H3. The lowest BCUT2D eigenvalue weighted by atomic mass is 9.99. The average molecular weight is 355 g/mol. The first-order valence-electron chi connectivity index (χ1n) is 6.65. The van der Waals surface area contributed by atoms with Gasteiger partial charge in [-0.3, -0.25) is 0 Å². The summed E-state index contributed by atoms with van der Waals surface area (Å²) in [7, 11) is 1.65. The van der Waals surface area contributed by atoms with Crippen molar-refractivity contribution in [1.29, 1.82) is 0 Å².